The van der Waals surface area contributed by atoms with E-state index in [4.69, 9.17) is 16.6 Å². The number of aliphatic carboxylic acids is 2. The molecule has 0 spiro atoms. The zero-order valence-electron chi connectivity index (χ0n) is 22.9. The third-order valence-corrected chi connectivity index (χ3v) is 6.31. The molecule has 14 nitrogen and oxygen atoms in total. The van der Waals surface area contributed by atoms with Crippen molar-refractivity contribution in [2.45, 2.75) is 63.6 Å². The number of rotatable bonds is 14. The van der Waals surface area contributed by atoms with E-state index in [1.165, 1.54) is 31.2 Å². The van der Waals surface area contributed by atoms with Gasteiger partial charge in [-0.15, -0.1) is 0 Å². The molecule has 2 unspecified atom stereocenters. The van der Waals surface area contributed by atoms with Crippen molar-refractivity contribution in [1.29, 1.82) is 0 Å². The Morgan fingerprint density at radius 2 is 1.71 bits per heavy atom. The number of nitrogen functional groups attached to an aromatic ring is 2. The predicted molar refractivity (Wildman–Crippen MR) is 148 cm³/mol. The van der Waals surface area contributed by atoms with Crippen LogP contribution in [0.3, 0.4) is 0 Å². The standard InChI is InChI=1S/C26H32F2N8O6/c1-13(37)4-3-11-26(27,28)20-17(31-19-21(29)34-25(30)35-22(19)33-20)12-36(2)15-7-5-14(6-8-15)23(40)32-16(24(41)42)9-10-18(38)39/h5-8,13,16,37H,3-4,9-12H2,1-2H3,(H,32,40)(H,38,39)(H,41,42)(H4,29,30,33,34,35). The lowest BCUT2D eigenvalue weighted by Gasteiger charge is -2.24. The van der Waals surface area contributed by atoms with Crippen LogP contribution < -0.4 is 21.7 Å². The first-order chi connectivity index (χ1) is 19.7. The van der Waals surface area contributed by atoms with Crippen LogP contribution in [0.5, 0.6) is 0 Å². The lowest BCUT2D eigenvalue weighted by Crippen LogP contribution is -2.41. The lowest BCUT2D eigenvalue weighted by atomic mass is 10.0. The molecule has 0 saturated heterocycles. The van der Waals surface area contributed by atoms with Gasteiger partial charge in [0.2, 0.25) is 5.95 Å². The molecule has 2 aromatic heterocycles. The SMILES string of the molecule is CC(O)CCCC(F)(F)c1nc2nc(N)nc(N)c2nc1CN(C)c1ccc(C(=O)NC(CCC(=O)O)C(=O)O)cc1. The number of fused-ring (bicyclic) bond motifs is 1. The molecule has 0 saturated carbocycles. The highest BCUT2D eigenvalue weighted by atomic mass is 19.3. The molecule has 42 heavy (non-hydrogen) atoms. The topological polar surface area (TPSA) is 231 Å². The molecule has 0 aliphatic carbocycles. The van der Waals surface area contributed by atoms with Crippen LogP contribution in [0.15, 0.2) is 24.3 Å². The Bertz CT molecular complexity index is 1450. The number of aliphatic hydroxyl groups excluding tert-OH is 1. The van der Waals surface area contributed by atoms with E-state index < -0.39 is 54.4 Å². The third kappa shape index (κ3) is 8.15. The van der Waals surface area contributed by atoms with Gasteiger partial charge in [-0.1, -0.05) is 0 Å². The number of benzene rings is 1. The number of hydrogen-bond donors (Lipinski definition) is 6. The average Bonchev–Trinajstić information content (AvgIpc) is 2.90. The number of aromatic nitrogens is 4. The Balaban J connectivity index is 1.86. The van der Waals surface area contributed by atoms with E-state index in [9.17, 15) is 24.6 Å². The molecule has 0 radical (unpaired) electrons. The number of nitrogens with zero attached hydrogens (tertiary/aromatic N) is 5. The van der Waals surface area contributed by atoms with Crippen LogP contribution in [-0.2, 0) is 22.1 Å². The minimum absolute atomic E-state index is 0.000896. The lowest BCUT2D eigenvalue weighted by molar-refractivity contribution is -0.140. The van der Waals surface area contributed by atoms with Crippen molar-refractivity contribution in [2.75, 3.05) is 23.4 Å². The quantitative estimate of drug-likeness (QED) is 0.158. The van der Waals surface area contributed by atoms with Crippen LogP contribution in [0.4, 0.5) is 26.2 Å². The van der Waals surface area contributed by atoms with Gasteiger partial charge in [0.1, 0.15) is 11.7 Å². The van der Waals surface area contributed by atoms with Gasteiger partial charge in [-0.05, 0) is 50.5 Å². The molecule has 1 amide bonds. The second-order valence-corrected chi connectivity index (χ2v) is 9.80. The fraction of sp³-hybridized carbons (Fsp3) is 0.423. The third-order valence-electron chi connectivity index (χ3n) is 6.31. The van der Waals surface area contributed by atoms with Crippen LogP contribution in [0.1, 0.15) is 60.8 Å². The minimum Gasteiger partial charge on any atom is -0.481 e. The predicted octanol–water partition coefficient (Wildman–Crippen LogP) is 1.91. The van der Waals surface area contributed by atoms with Crippen LogP contribution in [-0.4, -0.2) is 72.3 Å². The van der Waals surface area contributed by atoms with E-state index in [0.717, 1.165) is 0 Å². The first-order valence-electron chi connectivity index (χ1n) is 12.9. The second-order valence-electron chi connectivity index (χ2n) is 9.80. The highest BCUT2D eigenvalue weighted by molar-refractivity contribution is 5.97. The number of nitrogens with one attached hydrogen (secondary N) is 1. The van der Waals surface area contributed by atoms with Crippen molar-refractivity contribution >= 4 is 46.5 Å². The molecular formula is C26H32F2N8O6. The summed E-state index contributed by atoms with van der Waals surface area (Å²) in [5, 5.41) is 29.8. The number of anilines is 3. The molecular weight excluding hydrogens is 558 g/mol. The summed E-state index contributed by atoms with van der Waals surface area (Å²) in [6.45, 7) is 1.35. The normalized spacial score (nSPS) is 13.0. The number of carboxylic acid groups (broad SMARTS) is 2. The second kappa shape index (κ2) is 13.3. The molecule has 3 rings (SSSR count). The number of carbonyl (C=O) groups is 3. The van der Waals surface area contributed by atoms with Crippen molar-refractivity contribution in [1.82, 2.24) is 25.3 Å². The first-order valence-corrected chi connectivity index (χ1v) is 12.9. The summed E-state index contributed by atoms with van der Waals surface area (Å²) < 4.78 is 30.8. The Morgan fingerprint density at radius 1 is 1.05 bits per heavy atom. The fourth-order valence-corrected chi connectivity index (χ4v) is 4.11. The molecule has 0 aliphatic heterocycles. The van der Waals surface area contributed by atoms with Gasteiger partial charge in [-0.3, -0.25) is 9.59 Å². The van der Waals surface area contributed by atoms with Crippen molar-refractivity contribution in [3.05, 3.63) is 41.2 Å². The number of aliphatic hydroxyl groups is 1. The van der Waals surface area contributed by atoms with Crippen LogP contribution >= 0.6 is 0 Å². The smallest absolute Gasteiger partial charge is 0.326 e. The Morgan fingerprint density at radius 3 is 2.31 bits per heavy atom. The van der Waals surface area contributed by atoms with Crippen molar-refractivity contribution < 1.29 is 38.5 Å². The number of amides is 1. The van der Waals surface area contributed by atoms with Crippen LogP contribution in [0, 0.1) is 0 Å². The van der Waals surface area contributed by atoms with Gasteiger partial charge in [0.05, 0.1) is 18.3 Å². The van der Waals surface area contributed by atoms with Gasteiger partial charge < -0.3 is 37.0 Å². The average molecular weight is 591 g/mol. The summed E-state index contributed by atoms with van der Waals surface area (Å²) in [4.78, 5) is 52.4. The molecule has 1 aromatic carbocycles. The molecule has 226 valence electrons. The van der Waals surface area contributed by atoms with E-state index in [-0.39, 0.29) is 60.0 Å². The fourth-order valence-electron chi connectivity index (χ4n) is 4.11. The zero-order valence-corrected chi connectivity index (χ0v) is 22.9. The molecule has 3 aromatic rings. The number of carboxylic acids is 2. The summed E-state index contributed by atoms with van der Waals surface area (Å²) in [5.41, 5.74) is 11.2. The highest BCUT2D eigenvalue weighted by Gasteiger charge is 2.37. The maximum absolute atomic E-state index is 15.4. The van der Waals surface area contributed by atoms with E-state index >= 15 is 8.78 Å². The van der Waals surface area contributed by atoms with Gasteiger partial charge >= 0.3 is 11.9 Å². The summed E-state index contributed by atoms with van der Waals surface area (Å²) in [6, 6.07) is 4.46. The molecule has 8 N–H and O–H groups in total. The van der Waals surface area contributed by atoms with Crippen LogP contribution in [0.2, 0.25) is 0 Å². The maximum Gasteiger partial charge on any atom is 0.326 e. The Kier molecular flexibility index (Phi) is 10.1. The molecule has 2 heterocycles. The summed E-state index contributed by atoms with van der Waals surface area (Å²) in [5.74, 6) is -7.09. The monoisotopic (exact) mass is 590 g/mol. The number of halogens is 2. The number of hydrogen-bond acceptors (Lipinski definition) is 11. The first kappa shape index (κ1) is 31.8. The van der Waals surface area contributed by atoms with Gasteiger partial charge in [0.15, 0.2) is 17.0 Å². The van der Waals surface area contributed by atoms with E-state index in [1.807, 2.05) is 0 Å². The van der Waals surface area contributed by atoms with E-state index in [1.54, 1.807) is 11.9 Å². The van der Waals surface area contributed by atoms with E-state index in [0.29, 0.717) is 5.69 Å². The van der Waals surface area contributed by atoms with Crippen molar-refractivity contribution in [3.8, 4) is 0 Å². The highest BCUT2D eigenvalue weighted by Crippen LogP contribution is 2.36. The minimum atomic E-state index is -3.43. The van der Waals surface area contributed by atoms with Gasteiger partial charge in [0.25, 0.3) is 11.8 Å². The largest absolute Gasteiger partial charge is 0.481 e. The summed E-state index contributed by atoms with van der Waals surface area (Å²) in [6.07, 6.45) is -1.88. The molecule has 0 fully saturated rings. The number of nitrogens with two attached hydrogens (primary N) is 2. The van der Waals surface area contributed by atoms with Crippen molar-refractivity contribution in [3.63, 3.8) is 0 Å². The molecule has 16 heteroatoms. The Labute approximate surface area is 238 Å². The van der Waals surface area contributed by atoms with Gasteiger partial charge in [-0.25, -0.2) is 14.8 Å². The van der Waals surface area contributed by atoms with E-state index in [2.05, 4.69) is 25.3 Å². The summed E-state index contributed by atoms with van der Waals surface area (Å²) in [7, 11) is 1.60. The van der Waals surface area contributed by atoms with Crippen LogP contribution in [0.25, 0.3) is 11.2 Å². The maximum atomic E-state index is 15.4. The zero-order chi connectivity index (χ0) is 31.2. The molecule has 2 atom stereocenters. The molecule has 0 bridgehead atoms. The molecule has 0 aliphatic rings. The Hall–Kier alpha value is -4.73. The van der Waals surface area contributed by atoms with Gasteiger partial charge in [-0.2, -0.15) is 18.7 Å². The number of alkyl halides is 2. The van der Waals surface area contributed by atoms with Gasteiger partial charge in [0, 0.05) is 31.1 Å². The number of carbonyl (C=O) groups excluding carboxylic acids is 1. The van der Waals surface area contributed by atoms with Crippen molar-refractivity contribution in [2.24, 2.45) is 0 Å². The summed E-state index contributed by atoms with van der Waals surface area (Å²) >= 11 is 0.